The number of hydrazine groups is 1. The first-order chi connectivity index (χ1) is 8.58. The Labute approximate surface area is 110 Å². The Balaban J connectivity index is 2.77. The van der Waals surface area contributed by atoms with Gasteiger partial charge in [-0.2, -0.15) is 10.2 Å². The first-order valence-corrected chi connectivity index (χ1v) is 6.87. The summed E-state index contributed by atoms with van der Waals surface area (Å²) in [6.45, 7) is 8.57. The number of aryl methyl sites for hydroxylation is 2. The van der Waals surface area contributed by atoms with Crippen LogP contribution in [0.2, 0.25) is 0 Å². The molecular formula is C14H26N4. The van der Waals surface area contributed by atoms with Gasteiger partial charge in [-0.25, -0.2) is 0 Å². The van der Waals surface area contributed by atoms with Crippen LogP contribution in [0, 0.1) is 12.8 Å². The fourth-order valence-corrected chi connectivity index (χ4v) is 2.17. The number of hydrogen-bond donors (Lipinski definition) is 2. The van der Waals surface area contributed by atoms with Crippen LogP contribution < -0.4 is 11.3 Å². The summed E-state index contributed by atoms with van der Waals surface area (Å²) < 4.78 is 0. The van der Waals surface area contributed by atoms with Crippen molar-refractivity contribution in [2.75, 3.05) is 0 Å². The lowest BCUT2D eigenvalue weighted by Crippen LogP contribution is -2.29. The van der Waals surface area contributed by atoms with Crippen LogP contribution in [0.15, 0.2) is 6.07 Å². The van der Waals surface area contributed by atoms with Crippen LogP contribution >= 0.6 is 0 Å². The molecule has 0 aromatic carbocycles. The van der Waals surface area contributed by atoms with Crippen LogP contribution in [0.5, 0.6) is 0 Å². The molecule has 1 aromatic rings. The topological polar surface area (TPSA) is 63.8 Å². The van der Waals surface area contributed by atoms with Crippen LogP contribution in [-0.4, -0.2) is 10.2 Å². The first-order valence-electron chi connectivity index (χ1n) is 6.87. The first kappa shape index (κ1) is 15.1. The normalized spacial score (nSPS) is 13.0. The van der Waals surface area contributed by atoms with Crippen molar-refractivity contribution in [1.29, 1.82) is 0 Å². The largest absolute Gasteiger partial charge is 0.271 e. The molecule has 0 radical (unpaired) electrons. The highest BCUT2D eigenvalue weighted by atomic mass is 15.2. The maximum Gasteiger partial charge on any atom is 0.0676 e. The minimum absolute atomic E-state index is 0.188. The molecule has 3 N–H and O–H groups in total. The molecule has 0 saturated carbocycles. The quantitative estimate of drug-likeness (QED) is 0.577. The zero-order valence-electron chi connectivity index (χ0n) is 12.0. The molecular weight excluding hydrogens is 224 g/mol. The third-order valence-electron chi connectivity index (χ3n) is 3.21. The van der Waals surface area contributed by atoms with E-state index in [1.54, 1.807) is 0 Å². The van der Waals surface area contributed by atoms with Gasteiger partial charge in [0.25, 0.3) is 0 Å². The molecule has 0 bridgehead atoms. The van der Waals surface area contributed by atoms with Gasteiger partial charge in [0.2, 0.25) is 0 Å². The minimum atomic E-state index is 0.188. The predicted molar refractivity (Wildman–Crippen MR) is 74.9 cm³/mol. The van der Waals surface area contributed by atoms with Crippen LogP contribution in [0.25, 0.3) is 0 Å². The van der Waals surface area contributed by atoms with E-state index in [9.17, 15) is 0 Å². The number of nitrogens with two attached hydrogens (primary N) is 1. The highest BCUT2D eigenvalue weighted by molar-refractivity contribution is 5.24. The Morgan fingerprint density at radius 1 is 1.28 bits per heavy atom. The molecule has 0 aliphatic carbocycles. The zero-order valence-corrected chi connectivity index (χ0v) is 12.0. The SMILES string of the molecule is CCc1nnc(C)cc1C(CCCC(C)C)NN. The average molecular weight is 250 g/mol. The molecule has 1 heterocycles. The molecule has 0 saturated heterocycles. The van der Waals surface area contributed by atoms with Gasteiger partial charge >= 0.3 is 0 Å². The van der Waals surface area contributed by atoms with Crippen molar-refractivity contribution in [2.45, 2.75) is 59.4 Å². The van der Waals surface area contributed by atoms with E-state index >= 15 is 0 Å². The van der Waals surface area contributed by atoms with Gasteiger partial charge in [0.05, 0.1) is 11.4 Å². The lowest BCUT2D eigenvalue weighted by Gasteiger charge is -2.19. The van der Waals surface area contributed by atoms with Crippen LogP contribution in [0.4, 0.5) is 0 Å². The third-order valence-corrected chi connectivity index (χ3v) is 3.21. The maximum atomic E-state index is 5.70. The molecule has 1 aromatic heterocycles. The van der Waals surface area contributed by atoms with Gasteiger partial charge in [0.15, 0.2) is 0 Å². The van der Waals surface area contributed by atoms with Gasteiger partial charge in [-0.15, -0.1) is 0 Å². The summed E-state index contributed by atoms with van der Waals surface area (Å²) in [4.78, 5) is 0. The van der Waals surface area contributed by atoms with E-state index in [1.807, 2.05) is 6.92 Å². The van der Waals surface area contributed by atoms with Crippen molar-refractivity contribution in [3.8, 4) is 0 Å². The van der Waals surface area contributed by atoms with Gasteiger partial charge in [-0.05, 0) is 37.3 Å². The maximum absolute atomic E-state index is 5.70. The monoisotopic (exact) mass is 250 g/mol. The van der Waals surface area contributed by atoms with Crippen molar-refractivity contribution in [3.63, 3.8) is 0 Å². The minimum Gasteiger partial charge on any atom is -0.271 e. The Morgan fingerprint density at radius 2 is 2.00 bits per heavy atom. The average Bonchev–Trinajstić information content (AvgIpc) is 2.34. The summed E-state index contributed by atoms with van der Waals surface area (Å²) in [6.07, 6.45) is 4.35. The second-order valence-electron chi connectivity index (χ2n) is 5.29. The van der Waals surface area contributed by atoms with Crippen LogP contribution in [0.1, 0.15) is 63.0 Å². The predicted octanol–water partition coefficient (Wildman–Crippen LogP) is 2.68. The summed E-state index contributed by atoms with van der Waals surface area (Å²) in [7, 11) is 0. The van der Waals surface area contributed by atoms with Crippen LogP contribution in [-0.2, 0) is 6.42 Å². The van der Waals surface area contributed by atoms with E-state index in [0.717, 1.165) is 30.1 Å². The van der Waals surface area contributed by atoms with E-state index in [4.69, 9.17) is 5.84 Å². The molecule has 0 aliphatic heterocycles. The van der Waals surface area contributed by atoms with Gasteiger partial charge in [0.1, 0.15) is 0 Å². The van der Waals surface area contributed by atoms with Crippen molar-refractivity contribution >= 4 is 0 Å². The number of aromatic nitrogens is 2. The molecule has 0 amide bonds. The summed E-state index contributed by atoms with van der Waals surface area (Å²) >= 11 is 0. The lowest BCUT2D eigenvalue weighted by atomic mass is 9.96. The molecule has 102 valence electrons. The highest BCUT2D eigenvalue weighted by Crippen LogP contribution is 2.23. The molecule has 4 heteroatoms. The van der Waals surface area contributed by atoms with Gasteiger partial charge in [-0.3, -0.25) is 11.3 Å². The van der Waals surface area contributed by atoms with E-state index in [0.29, 0.717) is 0 Å². The zero-order chi connectivity index (χ0) is 13.5. The van der Waals surface area contributed by atoms with Crippen LogP contribution in [0.3, 0.4) is 0 Å². The second kappa shape index (κ2) is 7.44. The van der Waals surface area contributed by atoms with Crippen molar-refractivity contribution < 1.29 is 0 Å². The Hall–Kier alpha value is -1.00. The molecule has 1 unspecified atom stereocenters. The summed E-state index contributed by atoms with van der Waals surface area (Å²) in [5.41, 5.74) is 6.13. The Morgan fingerprint density at radius 3 is 2.56 bits per heavy atom. The number of nitrogens with one attached hydrogen (secondary N) is 1. The molecule has 18 heavy (non-hydrogen) atoms. The van der Waals surface area contributed by atoms with Crippen molar-refractivity contribution in [3.05, 3.63) is 23.0 Å². The Bertz CT molecular complexity index is 363. The number of hydrogen-bond acceptors (Lipinski definition) is 4. The fourth-order valence-electron chi connectivity index (χ4n) is 2.17. The van der Waals surface area contributed by atoms with Gasteiger partial charge < -0.3 is 0 Å². The molecule has 4 nitrogen and oxygen atoms in total. The molecule has 0 aliphatic rings. The van der Waals surface area contributed by atoms with Crippen molar-refractivity contribution in [2.24, 2.45) is 11.8 Å². The van der Waals surface area contributed by atoms with E-state index in [2.05, 4.69) is 42.5 Å². The summed E-state index contributed by atoms with van der Waals surface area (Å²) in [5, 5.41) is 8.38. The number of rotatable bonds is 7. The molecule has 0 fully saturated rings. The fraction of sp³-hybridized carbons (Fsp3) is 0.714. The lowest BCUT2D eigenvalue weighted by molar-refractivity contribution is 0.451. The summed E-state index contributed by atoms with van der Waals surface area (Å²) in [6, 6.07) is 2.29. The molecule has 1 rings (SSSR count). The smallest absolute Gasteiger partial charge is 0.0676 e. The Kier molecular flexibility index (Phi) is 6.22. The molecule has 0 spiro atoms. The van der Waals surface area contributed by atoms with E-state index < -0.39 is 0 Å². The third kappa shape index (κ3) is 4.35. The number of nitrogens with zero attached hydrogens (tertiary/aromatic N) is 2. The standard InChI is InChI=1S/C14H26N4/c1-5-13-12(9-11(4)17-18-13)14(16-15)8-6-7-10(2)3/h9-10,14,16H,5-8,15H2,1-4H3. The summed E-state index contributed by atoms with van der Waals surface area (Å²) in [5.74, 6) is 6.44. The van der Waals surface area contributed by atoms with Gasteiger partial charge in [0, 0.05) is 6.04 Å². The molecule has 1 atom stereocenters. The van der Waals surface area contributed by atoms with Crippen molar-refractivity contribution in [1.82, 2.24) is 15.6 Å². The highest BCUT2D eigenvalue weighted by Gasteiger charge is 2.15. The van der Waals surface area contributed by atoms with E-state index in [1.165, 1.54) is 18.4 Å². The van der Waals surface area contributed by atoms with Gasteiger partial charge in [-0.1, -0.05) is 33.6 Å². The second-order valence-corrected chi connectivity index (χ2v) is 5.29. The van der Waals surface area contributed by atoms with E-state index in [-0.39, 0.29) is 6.04 Å².